The molecule has 0 heterocycles. The first-order valence-corrected chi connectivity index (χ1v) is 32.4. The summed E-state index contributed by atoms with van der Waals surface area (Å²) in [5.41, 5.74) is 0. The average Bonchev–Trinajstić information content (AvgIpc) is 3.37. The molecule has 0 rings (SSSR count). The van der Waals surface area contributed by atoms with Crippen LogP contribution in [0.1, 0.15) is 265 Å². The molecular formula is C65H117N2O7P. The molecule has 1 N–H and O–H groups in total. The Morgan fingerprint density at radius 2 is 0.853 bits per heavy atom. The van der Waals surface area contributed by atoms with E-state index in [2.05, 4.69) is 99.0 Å². The van der Waals surface area contributed by atoms with Gasteiger partial charge in [0.1, 0.15) is 19.3 Å². The van der Waals surface area contributed by atoms with Gasteiger partial charge in [-0.1, -0.05) is 254 Å². The number of quaternary nitrogens is 1. The molecule has 0 saturated heterocycles. The Labute approximate surface area is 463 Å². The molecule has 0 saturated carbocycles. The molecule has 0 aliphatic rings. The molecule has 3 atom stereocenters. The average molecular weight is 1070 g/mol. The number of hydrogen-bond donors (Lipinski definition) is 1. The van der Waals surface area contributed by atoms with Crippen LogP contribution >= 0.6 is 7.82 Å². The molecule has 0 aromatic carbocycles. The van der Waals surface area contributed by atoms with Crippen LogP contribution in [-0.2, 0) is 27.9 Å². The highest BCUT2D eigenvalue weighted by molar-refractivity contribution is 7.45. The minimum Gasteiger partial charge on any atom is -0.756 e. The van der Waals surface area contributed by atoms with E-state index in [9.17, 15) is 19.0 Å². The Morgan fingerprint density at radius 3 is 1.28 bits per heavy atom. The van der Waals surface area contributed by atoms with E-state index in [-0.39, 0.29) is 24.9 Å². The minimum atomic E-state index is -4.70. The summed E-state index contributed by atoms with van der Waals surface area (Å²) in [4.78, 5) is 39.9. The van der Waals surface area contributed by atoms with Gasteiger partial charge in [0.25, 0.3) is 7.82 Å². The molecule has 0 aromatic rings. The highest BCUT2D eigenvalue weighted by Gasteiger charge is 2.27. The summed E-state index contributed by atoms with van der Waals surface area (Å²) in [6.07, 6.45) is 71.1. The van der Waals surface area contributed by atoms with Gasteiger partial charge in [0.15, 0.2) is 0 Å². The lowest BCUT2D eigenvalue weighted by Gasteiger charge is -2.30. The Hall–Kier alpha value is -2.81. The van der Waals surface area contributed by atoms with E-state index in [0.717, 1.165) is 103 Å². The summed E-state index contributed by atoms with van der Waals surface area (Å²) in [7, 11) is 1.17. The number of hydrogen-bond acceptors (Lipinski definition) is 7. The van der Waals surface area contributed by atoms with Crippen LogP contribution in [-0.4, -0.2) is 69.4 Å². The van der Waals surface area contributed by atoms with Crippen LogP contribution in [0.4, 0.5) is 0 Å². The third-order valence-corrected chi connectivity index (χ3v) is 14.3. The number of carbonyl (C=O) groups is 2. The molecule has 0 aliphatic carbocycles. The van der Waals surface area contributed by atoms with Crippen LogP contribution in [0, 0.1) is 0 Å². The maximum Gasteiger partial charge on any atom is 0.306 e. The zero-order valence-corrected chi connectivity index (χ0v) is 50.4. The van der Waals surface area contributed by atoms with Gasteiger partial charge in [-0.05, 0) is 83.1 Å². The molecule has 1 amide bonds. The molecule has 75 heavy (non-hydrogen) atoms. The van der Waals surface area contributed by atoms with Crippen LogP contribution in [0.5, 0.6) is 0 Å². The fourth-order valence-electron chi connectivity index (χ4n) is 8.58. The number of amides is 1. The van der Waals surface area contributed by atoms with Crippen molar-refractivity contribution in [3.05, 3.63) is 85.1 Å². The highest BCUT2D eigenvalue weighted by Crippen LogP contribution is 2.38. The van der Waals surface area contributed by atoms with Gasteiger partial charge in [-0.15, -0.1) is 0 Å². The molecule has 0 bridgehead atoms. The number of nitrogens with zero attached hydrogens (tertiary/aromatic N) is 1. The molecule has 0 radical (unpaired) electrons. The van der Waals surface area contributed by atoms with Crippen molar-refractivity contribution in [2.24, 2.45) is 0 Å². The number of phosphoric acid groups is 1. The first-order valence-electron chi connectivity index (χ1n) is 30.9. The normalized spacial score (nSPS) is 14.3. The van der Waals surface area contributed by atoms with Crippen molar-refractivity contribution >= 4 is 19.7 Å². The highest BCUT2D eigenvalue weighted by atomic mass is 31.2. The van der Waals surface area contributed by atoms with Crippen LogP contribution in [0.3, 0.4) is 0 Å². The predicted octanol–water partition coefficient (Wildman–Crippen LogP) is 18.4. The topological polar surface area (TPSA) is 114 Å². The van der Waals surface area contributed by atoms with Gasteiger partial charge in [-0.25, -0.2) is 0 Å². The molecule has 0 aliphatic heterocycles. The van der Waals surface area contributed by atoms with Gasteiger partial charge >= 0.3 is 5.97 Å². The number of esters is 1. The first-order chi connectivity index (χ1) is 36.4. The largest absolute Gasteiger partial charge is 0.756 e. The molecule has 10 heteroatoms. The second-order valence-corrected chi connectivity index (χ2v) is 23.2. The standard InChI is InChI=1S/C65H117N2O7P/c1-7-10-13-16-19-22-25-28-29-30-31-32-33-34-35-36-37-40-43-46-49-52-55-58-65(69)74-63(56-53-50-47-44-41-38-26-23-20-17-14-11-8-2)62(61-73-75(70,71)72-60-59-67(4,5)6)66-64(68)57-54-51-48-45-42-39-27-24-21-18-15-12-9-3/h10,13,19,22,28-29,31-32,34-35,37,40,53,56,62-63H,7-9,11-12,14-18,20-21,23-27,30,33,36,38-39,41-52,54-55,57-61H2,1-6H3,(H-,66,68,70,71)/b13-10-,22-19-,29-28-,32-31-,35-34-,40-37-,56-53+. The van der Waals surface area contributed by atoms with Crippen molar-refractivity contribution < 1.29 is 37.3 Å². The first kappa shape index (κ1) is 72.2. The van der Waals surface area contributed by atoms with Crippen LogP contribution in [0.15, 0.2) is 85.1 Å². The Kier molecular flexibility index (Phi) is 52.5. The monoisotopic (exact) mass is 1070 g/mol. The molecular weight excluding hydrogens is 952 g/mol. The molecule has 434 valence electrons. The van der Waals surface area contributed by atoms with E-state index < -0.39 is 26.6 Å². The molecule has 0 aromatic heterocycles. The number of rotatable bonds is 55. The van der Waals surface area contributed by atoms with E-state index in [0.29, 0.717) is 23.9 Å². The quantitative estimate of drug-likeness (QED) is 0.0212. The fraction of sp³-hybridized carbons (Fsp3) is 0.754. The van der Waals surface area contributed by atoms with Crippen molar-refractivity contribution in [3.63, 3.8) is 0 Å². The number of unbranched alkanes of at least 4 members (excludes halogenated alkanes) is 27. The summed E-state index contributed by atoms with van der Waals surface area (Å²) in [5.74, 6) is -0.568. The third kappa shape index (κ3) is 55.7. The lowest BCUT2D eigenvalue weighted by atomic mass is 10.0. The number of allylic oxidation sites excluding steroid dienone is 13. The number of likely N-dealkylation sites (N-methyl/N-ethyl adjacent to an activating group) is 1. The Balaban J connectivity index is 5.30. The molecule has 3 unspecified atom stereocenters. The summed E-state index contributed by atoms with van der Waals surface area (Å²) < 4.78 is 30.3. The number of phosphoric ester groups is 1. The number of carbonyl (C=O) groups excluding carboxylic acids is 2. The maximum absolute atomic E-state index is 13.5. The van der Waals surface area contributed by atoms with E-state index in [1.54, 1.807) is 0 Å². The van der Waals surface area contributed by atoms with Gasteiger partial charge in [0.05, 0.1) is 33.8 Å². The fourth-order valence-corrected chi connectivity index (χ4v) is 9.31. The van der Waals surface area contributed by atoms with Crippen LogP contribution in [0.2, 0.25) is 0 Å². The van der Waals surface area contributed by atoms with Crippen molar-refractivity contribution in [2.75, 3.05) is 40.9 Å². The molecule has 9 nitrogen and oxygen atoms in total. The lowest BCUT2D eigenvalue weighted by Crippen LogP contribution is -2.47. The third-order valence-electron chi connectivity index (χ3n) is 13.3. The van der Waals surface area contributed by atoms with Crippen LogP contribution < -0.4 is 10.2 Å². The number of ether oxygens (including phenoxy) is 1. The van der Waals surface area contributed by atoms with Gasteiger partial charge in [0.2, 0.25) is 5.91 Å². The molecule has 0 fully saturated rings. The maximum atomic E-state index is 13.5. The SMILES string of the molecule is CC/C=C\C/C=C\C/C=C\C/C=C\C/C=C\C/C=C\CCCCCCC(=O)OC(/C=C/CCCCCCCCCCCCC)C(COP(=O)([O-])OCC[N+](C)(C)C)NC(=O)CCCCCCCCCCCCCCC. The van der Waals surface area contributed by atoms with E-state index in [1.165, 1.54) is 122 Å². The summed E-state index contributed by atoms with van der Waals surface area (Å²) in [5, 5.41) is 3.02. The zero-order chi connectivity index (χ0) is 55.0. The van der Waals surface area contributed by atoms with Crippen molar-refractivity contribution in [1.29, 1.82) is 0 Å². The van der Waals surface area contributed by atoms with Gasteiger partial charge in [-0.2, -0.15) is 0 Å². The lowest BCUT2D eigenvalue weighted by molar-refractivity contribution is -0.870. The smallest absolute Gasteiger partial charge is 0.306 e. The Morgan fingerprint density at radius 1 is 0.480 bits per heavy atom. The van der Waals surface area contributed by atoms with E-state index >= 15 is 0 Å². The minimum absolute atomic E-state index is 0.0288. The predicted molar refractivity (Wildman–Crippen MR) is 321 cm³/mol. The van der Waals surface area contributed by atoms with Gasteiger partial charge < -0.3 is 28.5 Å². The number of nitrogens with one attached hydrogen (secondary N) is 1. The summed E-state index contributed by atoms with van der Waals surface area (Å²) in [6.45, 7) is 6.71. The van der Waals surface area contributed by atoms with Crippen LogP contribution in [0.25, 0.3) is 0 Å². The Bertz CT molecular complexity index is 1560. The van der Waals surface area contributed by atoms with E-state index in [1.807, 2.05) is 33.3 Å². The van der Waals surface area contributed by atoms with Crippen molar-refractivity contribution in [2.45, 2.75) is 277 Å². The van der Waals surface area contributed by atoms with Crippen molar-refractivity contribution in [3.8, 4) is 0 Å². The summed E-state index contributed by atoms with van der Waals surface area (Å²) >= 11 is 0. The van der Waals surface area contributed by atoms with Gasteiger partial charge in [0, 0.05) is 12.8 Å². The molecule has 0 spiro atoms. The second kappa shape index (κ2) is 54.5. The zero-order valence-electron chi connectivity index (χ0n) is 49.5. The van der Waals surface area contributed by atoms with Crippen molar-refractivity contribution in [1.82, 2.24) is 5.32 Å². The second-order valence-electron chi connectivity index (χ2n) is 21.8. The van der Waals surface area contributed by atoms with Gasteiger partial charge in [-0.3, -0.25) is 14.2 Å². The summed E-state index contributed by atoms with van der Waals surface area (Å²) in [6, 6.07) is -0.900. The van der Waals surface area contributed by atoms with E-state index in [4.69, 9.17) is 13.8 Å².